The van der Waals surface area contributed by atoms with Gasteiger partial charge in [-0.3, -0.25) is 0 Å². The van der Waals surface area contributed by atoms with Gasteiger partial charge in [-0.2, -0.15) is 0 Å². The first kappa shape index (κ1) is 17.2. The van der Waals surface area contributed by atoms with Crippen LogP contribution in [0.4, 0.5) is 11.4 Å². The Morgan fingerprint density at radius 2 is 2.00 bits per heavy atom. The third-order valence-corrected chi connectivity index (χ3v) is 9.57. The van der Waals surface area contributed by atoms with Gasteiger partial charge in [-0.1, -0.05) is 12.5 Å². The molecule has 0 aliphatic carbocycles. The van der Waals surface area contributed by atoms with E-state index >= 15 is 0 Å². The van der Waals surface area contributed by atoms with Gasteiger partial charge in [0.25, 0.3) is 0 Å². The monoisotopic (exact) mass is 391 g/mol. The topological polar surface area (TPSA) is 28.1 Å². The number of rotatable bonds is 3. The van der Waals surface area contributed by atoms with E-state index in [4.69, 9.17) is 21.3 Å². The summed E-state index contributed by atoms with van der Waals surface area (Å²) >= 11 is 7.86. The van der Waals surface area contributed by atoms with Crippen molar-refractivity contribution in [2.24, 2.45) is 4.99 Å². The molecular weight excluding hydrogens is 369 g/mol. The molecule has 1 fully saturated rings. The molecule has 2 aliphatic rings. The summed E-state index contributed by atoms with van der Waals surface area (Å²) in [6.45, 7) is 2.04. The molecule has 1 atom stereocenters. The van der Waals surface area contributed by atoms with Crippen LogP contribution in [0.2, 0.25) is 0 Å². The van der Waals surface area contributed by atoms with Crippen LogP contribution >= 0.6 is 17.8 Å². The normalized spacial score (nSPS) is 23.5. The lowest BCUT2D eigenvalue weighted by Crippen LogP contribution is -2.34. The van der Waals surface area contributed by atoms with Gasteiger partial charge in [0.1, 0.15) is 0 Å². The van der Waals surface area contributed by atoms with Crippen LogP contribution in [0, 0.1) is 0 Å². The van der Waals surface area contributed by atoms with Crippen LogP contribution in [0.15, 0.2) is 40.7 Å². The maximum atomic E-state index is 6.48. The number of nitrogens with zero attached hydrogens (tertiary/aromatic N) is 3. The number of thiophene rings is 1. The molecule has 0 saturated carbocycles. The second-order valence-electron chi connectivity index (χ2n) is 6.59. The Kier molecular flexibility index (Phi) is 4.71. The molecule has 25 heavy (non-hydrogen) atoms. The zero-order valence-corrected chi connectivity index (χ0v) is 17.0. The van der Waals surface area contributed by atoms with E-state index in [1.807, 2.05) is 20.2 Å². The second kappa shape index (κ2) is 6.84. The smallest absolute Gasteiger partial charge is 0.236 e. The van der Waals surface area contributed by atoms with Crippen molar-refractivity contribution >= 4 is 52.1 Å². The number of hydrogen-bond acceptors (Lipinski definition) is 5. The van der Waals surface area contributed by atoms with Crippen LogP contribution < -0.4 is 10.2 Å². The molecule has 7 heteroatoms. The number of piperidine rings is 1. The highest BCUT2D eigenvalue weighted by molar-refractivity contribution is 8.15. The van der Waals surface area contributed by atoms with Crippen LogP contribution in [0.1, 0.15) is 24.1 Å². The summed E-state index contributed by atoms with van der Waals surface area (Å²) in [5.41, 5.74) is 2.10. The molecule has 0 radical (unpaired) electrons. The largest absolute Gasteiger partial charge is 0.430 e. The van der Waals surface area contributed by atoms with E-state index in [9.17, 15) is 0 Å². The maximum Gasteiger partial charge on any atom is 0.236 e. The molecule has 4 rings (SSSR count). The van der Waals surface area contributed by atoms with Crippen molar-refractivity contribution < 1.29 is 4.52 Å². The van der Waals surface area contributed by atoms with Crippen LogP contribution in [-0.2, 0) is 16.3 Å². The molecule has 0 spiro atoms. The zero-order chi connectivity index (χ0) is 17.4. The molecule has 132 valence electrons. The Hall–Kier alpha value is -1.20. The number of fused-ring (bicyclic) bond motifs is 1. The highest BCUT2D eigenvalue weighted by Gasteiger charge is 2.38. The predicted molar refractivity (Wildman–Crippen MR) is 112 cm³/mol. The quantitative estimate of drug-likeness (QED) is 0.728. The minimum absolute atomic E-state index is 0.687. The van der Waals surface area contributed by atoms with Gasteiger partial charge in [0.2, 0.25) is 12.3 Å². The van der Waals surface area contributed by atoms with Crippen LogP contribution in [0.5, 0.6) is 0 Å². The van der Waals surface area contributed by atoms with Gasteiger partial charge in [0.15, 0.2) is 0 Å². The third-order valence-electron chi connectivity index (χ3n) is 4.65. The van der Waals surface area contributed by atoms with Crippen molar-refractivity contribution in [2.45, 2.75) is 19.3 Å². The van der Waals surface area contributed by atoms with Crippen LogP contribution in [-0.4, -0.2) is 37.8 Å². The fourth-order valence-corrected chi connectivity index (χ4v) is 7.51. The fraction of sp³-hybridized carbons (Fsp3) is 0.389. The summed E-state index contributed by atoms with van der Waals surface area (Å²) in [5.74, 6) is 0.687. The Labute approximate surface area is 158 Å². The van der Waals surface area contributed by atoms with Crippen molar-refractivity contribution in [1.29, 1.82) is 0 Å². The van der Waals surface area contributed by atoms with Gasteiger partial charge in [-0.05, 0) is 54.3 Å². The number of anilines is 1. The van der Waals surface area contributed by atoms with Gasteiger partial charge in [0.05, 0.1) is 15.9 Å². The standard InChI is InChI=1S/C18H22N3OPS2/c1-20(2)14-8-9-16-15(13-14)19-18(17-7-6-12-25-17)22-23(16,24)21-10-4-3-5-11-21/h6-9,12-13H,3-5,10-11H2,1-2H3/t23-/m1/s1. The van der Waals surface area contributed by atoms with E-state index in [0.717, 1.165) is 34.6 Å². The van der Waals surface area contributed by atoms with Crippen molar-refractivity contribution in [2.75, 3.05) is 32.1 Å². The third kappa shape index (κ3) is 3.17. The first-order chi connectivity index (χ1) is 12.1. The van der Waals surface area contributed by atoms with Gasteiger partial charge in [0, 0.05) is 32.9 Å². The molecular formula is C18H22N3OPS2. The van der Waals surface area contributed by atoms with E-state index in [0.29, 0.717) is 5.90 Å². The summed E-state index contributed by atoms with van der Waals surface area (Å²) in [6, 6.07) is 10.5. The number of benzene rings is 1. The van der Waals surface area contributed by atoms with Gasteiger partial charge >= 0.3 is 0 Å². The Morgan fingerprint density at radius 1 is 1.20 bits per heavy atom. The van der Waals surface area contributed by atoms with E-state index in [1.54, 1.807) is 11.3 Å². The Morgan fingerprint density at radius 3 is 2.68 bits per heavy atom. The maximum absolute atomic E-state index is 6.48. The number of hydrogen-bond donors (Lipinski definition) is 0. The molecule has 1 aromatic carbocycles. The Balaban J connectivity index is 1.84. The Bertz CT molecular complexity index is 842. The average Bonchev–Trinajstić information content (AvgIpc) is 3.16. The highest BCUT2D eigenvalue weighted by atomic mass is 32.4. The summed E-state index contributed by atoms with van der Waals surface area (Å²) in [6.07, 6.45) is 1.37. The van der Waals surface area contributed by atoms with Gasteiger partial charge < -0.3 is 9.42 Å². The SMILES string of the molecule is CN(C)c1ccc2c(c1)N=C(c1cccs1)O[P@]2(=S)N1CCCCC1. The lowest BCUT2D eigenvalue weighted by atomic mass is 10.2. The minimum Gasteiger partial charge on any atom is -0.430 e. The highest BCUT2D eigenvalue weighted by Crippen LogP contribution is 2.56. The molecule has 2 aromatic rings. The average molecular weight is 392 g/mol. The van der Waals surface area contributed by atoms with Gasteiger partial charge in [-0.25, -0.2) is 9.66 Å². The van der Waals surface area contributed by atoms with Crippen molar-refractivity contribution in [3.63, 3.8) is 0 Å². The van der Waals surface area contributed by atoms with Crippen LogP contribution in [0.3, 0.4) is 0 Å². The fourth-order valence-electron chi connectivity index (χ4n) is 3.27. The molecule has 4 nitrogen and oxygen atoms in total. The lowest BCUT2D eigenvalue weighted by molar-refractivity contribution is 0.346. The van der Waals surface area contributed by atoms with E-state index < -0.39 is 6.42 Å². The zero-order valence-electron chi connectivity index (χ0n) is 14.5. The van der Waals surface area contributed by atoms with E-state index in [1.165, 1.54) is 19.3 Å². The second-order valence-corrected chi connectivity index (χ2v) is 11.3. The lowest BCUT2D eigenvalue weighted by Gasteiger charge is -2.39. The van der Waals surface area contributed by atoms with E-state index in [-0.39, 0.29) is 0 Å². The first-order valence-corrected chi connectivity index (χ1v) is 12.1. The predicted octanol–water partition coefficient (Wildman–Crippen LogP) is 4.34. The molecule has 0 unspecified atom stereocenters. The van der Waals surface area contributed by atoms with Crippen molar-refractivity contribution in [3.05, 3.63) is 40.6 Å². The van der Waals surface area contributed by atoms with E-state index in [2.05, 4.69) is 39.2 Å². The molecule has 2 aliphatic heterocycles. The minimum atomic E-state index is -2.30. The van der Waals surface area contributed by atoms with Gasteiger partial charge in [-0.15, -0.1) is 11.3 Å². The molecule has 3 heterocycles. The number of aliphatic imine (C=N–C) groups is 1. The first-order valence-electron chi connectivity index (χ1n) is 8.57. The summed E-state index contributed by atoms with van der Waals surface area (Å²) in [5, 5.41) is 3.15. The summed E-state index contributed by atoms with van der Waals surface area (Å²) in [4.78, 5) is 7.98. The molecule has 0 amide bonds. The molecule has 1 aromatic heterocycles. The summed E-state index contributed by atoms with van der Waals surface area (Å²) < 4.78 is 8.89. The van der Waals surface area contributed by atoms with Crippen LogP contribution in [0.25, 0.3) is 0 Å². The molecule has 1 saturated heterocycles. The molecule has 0 bridgehead atoms. The summed E-state index contributed by atoms with van der Waals surface area (Å²) in [7, 11) is 4.09. The molecule has 0 N–H and O–H groups in total. The van der Waals surface area contributed by atoms with Crippen molar-refractivity contribution in [3.8, 4) is 0 Å². The van der Waals surface area contributed by atoms with Crippen molar-refractivity contribution in [1.82, 2.24) is 4.67 Å².